The molecule has 1 saturated heterocycles. The first kappa shape index (κ1) is 20.3. The first-order valence-corrected chi connectivity index (χ1v) is 10.5. The number of pyridine rings is 1. The lowest BCUT2D eigenvalue weighted by atomic mass is 9.92. The number of hydrogen-bond acceptors (Lipinski definition) is 5. The molecule has 2 aliphatic rings. The molecular weight excluding hydrogens is 378 g/mol. The lowest BCUT2D eigenvalue weighted by Gasteiger charge is -2.35. The molecule has 0 bridgehead atoms. The van der Waals surface area contributed by atoms with E-state index in [4.69, 9.17) is 0 Å². The largest absolute Gasteiger partial charge is 0.335 e. The van der Waals surface area contributed by atoms with Crippen molar-refractivity contribution in [1.29, 1.82) is 0 Å². The van der Waals surface area contributed by atoms with Gasteiger partial charge in [0.05, 0.1) is 12.1 Å². The van der Waals surface area contributed by atoms with Crippen LogP contribution in [0.3, 0.4) is 0 Å². The van der Waals surface area contributed by atoms with Crippen LogP contribution in [0.25, 0.3) is 0 Å². The minimum atomic E-state index is -0.305. The van der Waals surface area contributed by atoms with Gasteiger partial charge in [-0.1, -0.05) is 26.0 Å². The number of piperidine rings is 1. The van der Waals surface area contributed by atoms with Gasteiger partial charge in [0.2, 0.25) is 5.91 Å². The molecule has 2 amide bonds. The zero-order valence-electron chi connectivity index (χ0n) is 17.8. The topological polar surface area (TPSA) is 77.6 Å². The molecule has 0 saturated carbocycles. The fourth-order valence-electron chi connectivity index (χ4n) is 4.66. The van der Waals surface area contributed by atoms with Crippen molar-refractivity contribution in [1.82, 2.24) is 15.2 Å². The highest BCUT2D eigenvalue weighted by Gasteiger charge is 2.30. The Morgan fingerprint density at radius 3 is 2.57 bits per heavy atom. The van der Waals surface area contributed by atoms with Crippen LogP contribution < -0.4 is 15.5 Å². The normalized spacial score (nSPS) is 24.2. The molecule has 1 aromatic heterocycles. The van der Waals surface area contributed by atoms with Gasteiger partial charge in [-0.25, -0.2) is 4.98 Å². The van der Waals surface area contributed by atoms with E-state index in [0.717, 1.165) is 24.3 Å². The Hall–Kier alpha value is -2.93. The maximum absolute atomic E-state index is 12.5. The molecule has 2 aromatic rings. The van der Waals surface area contributed by atoms with E-state index in [-0.39, 0.29) is 18.0 Å². The molecule has 4 rings (SSSR count). The molecule has 1 aromatic carbocycles. The van der Waals surface area contributed by atoms with Crippen molar-refractivity contribution in [2.45, 2.75) is 26.4 Å². The van der Waals surface area contributed by atoms with Gasteiger partial charge in [0.25, 0.3) is 5.91 Å². The number of rotatable bonds is 4. The maximum atomic E-state index is 12.5. The Labute approximate surface area is 177 Å². The number of nitrogens with zero attached hydrogens (tertiary/aromatic N) is 3. The van der Waals surface area contributed by atoms with E-state index in [1.807, 2.05) is 36.2 Å². The van der Waals surface area contributed by atoms with Crippen molar-refractivity contribution in [2.24, 2.45) is 11.8 Å². The number of fused-ring (bicyclic) bond motifs is 1. The highest BCUT2D eigenvalue weighted by atomic mass is 16.2. The zero-order valence-corrected chi connectivity index (χ0v) is 17.8. The van der Waals surface area contributed by atoms with Crippen molar-refractivity contribution in [2.75, 3.05) is 36.9 Å². The van der Waals surface area contributed by atoms with Gasteiger partial charge < -0.3 is 15.5 Å². The third kappa shape index (κ3) is 4.31. The summed E-state index contributed by atoms with van der Waals surface area (Å²) in [7, 11) is 1.91. The lowest BCUT2D eigenvalue weighted by Crippen LogP contribution is -2.45. The molecule has 0 unspecified atom stereocenters. The number of carbonyl (C=O) groups is 2. The van der Waals surface area contributed by atoms with Gasteiger partial charge in [0, 0.05) is 32.0 Å². The number of likely N-dealkylation sites (tertiary alicyclic amines) is 1. The van der Waals surface area contributed by atoms with E-state index in [1.165, 1.54) is 6.42 Å². The SMILES string of the molecule is C[C@@H]1C[C@@H](C)CN(CC(=O)Nc2ccc([C@@H]3NC(=O)c4cccnc4N3C)cc2)C1. The van der Waals surface area contributed by atoms with Gasteiger partial charge in [-0.3, -0.25) is 14.5 Å². The number of anilines is 2. The molecule has 2 aliphatic heterocycles. The Balaban J connectivity index is 1.40. The summed E-state index contributed by atoms with van der Waals surface area (Å²) in [6, 6.07) is 11.1. The van der Waals surface area contributed by atoms with Crippen molar-refractivity contribution in [3.63, 3.8) is 0 Å². The third-order valence-corrected chi connectivity index (χ3v) is 5.84. The van der Waals surface area contributed by atoms with E-state index >= 15 is 0 Å². The van der Waals surface area contributed by atoms with Crippen LogP contribution in [0.1, 0.15) is 42.4 Å². The van der Waals surface area contributed by atoms with Gasteiger partial charge in [-0.05, 0) is 48.1 Å². The van der Waals surface area contributed by atoms with E-state index in [2.05, 4.69) is 34.4 Å². The van der Waals surface area contributed by atoms with Crippen LogP contribution in [0, 0.1) is 11.8 Å². The van der Waals surface area contributed by atoms with Gasteiger partial charge >= 0.3 is 0 Å². The van der Waals surface area contributed by atoms with Gasteiger partial charge in [-0.2, -0.15) is 0 Å². The van der Waals surface area contributed by atoms with Crippen molar-refractivity contribution in [3.05, 3.63) is 53.7 Å². The Morgan fingerprint density at radius 2 is 1.87 bits per heavy atom. The van der Waals surface area contributed by atoms with E-state index in [9.17, 15) is 9.59 Å². The predicted octanol–water partition coefficient (Wildman–Crippen LogP) is 2.88. The molecule has 0 spiro atoms. The third-order valence-electron chi connectivity index (χ3n) is 5.84. The van der Waals surface area contributed by atoms with Crippen molar-refractivity contribution in [3.8, 4) is 0 Å². The highest BCUT2D eigenvalue weighted by Crippen LogP contribution is 2.30. The van der Waals surface area contributed by atoms with Gasteiger partial charge in [0.15, 0.2) is 0 Å². The van der Waals surface area contributed by atoms with Crippen LogP contribution in [0.4, 0.5) is 11.5 Å². The lowest BCUT2D eigenvalue weighted by molar-refractivity contribution is -0.117. The first-order chi connectivity index (χ1) is 14.4. The summed E-state index contributed by atoms with van der Waals surface area (Å²) in [6.07, 6.45) is 2.61. The molecule has 7 heteroatoms. The summed E-state index contributed by atoms with van der Waals surface area (Å²) in [4.78, 5) is 33.4. The quantitative estimate of drug-likeness (QED) is 0.815. The van der Waals surface area contributed by atoms with Crippen LogP contribution in [-0.2, 0) is 4.79 Å². The number of hydrogen-bond donors (Lipinski definition) is 2. The second-order valence-electron chi connectivity index (χ2n) is 8.67. The standard InChI is InChI=1S/C23H29N5O2/c1-15-11-16(2)13-28(12-15)14-20(29)25-18-8-6-17(7-9-18)21-26-23(30)19-5-4-10-24-22(19)27(21)3/h4-10,15-16,21H,11-14H2,1-3H3,(H,25,29)(H,26,30)/t15-,16-,21-/m1/s1. The fourth-order valence-corrected chi connectivity index (χ4v) is 4.66. The monoisotopic (exact) mass is 407 g/mol. The molecule has 30 heavy (non-hydrogen) atoms. The molecule has 2 N–H and O–H groups in total. The second-order valence-corrected chi connectivity index (χ2v) is 8.67. The minimum absolute atomic E-state index is 0.00487. The van der Waals surface area contributed by atoms with E-state index in [0.29, 0.717) is 29.8 Å². The summed E-state index contributed by atoms with van der Waals surface area (Å²) in [6.45, 7) is 6.85. The average Bonchev–Trinajstić information content (AvgIpc) is 2.70. The van der Waals surface area contributed by atoms with Gasteiger partial charge in [-0.15, -0.1) is 0 Å². The van der Waals surface area contributed by atoms with Crippen LogP contribution in [0.2, 0.25) is 0 Å². The molecule has 7 nitrogen and oxygen atoms in total. The Bertz CT molecular complexity index is 919. The van der Waals surface area contributed by atoms with Crippen LogP contribution in [-0.4, -0.2) is 48.4 Å². The second kappa shape index (κ2) is 8.44. The molecule has 1 fully saturated rings. The number of benzene rings is 1. The van der Waals surface area contributed by atoms with Gasteiger partial charge in [0.1, 0.15) is 12.0 Å². The Kier molecular flexibility index (Phi) is 5.72. The van der Waals surface area contributed by atoms with E-state index < -0.39 is 0 Å². The summed E-state index contributed by atoms with van der Waals surface area (Å²) >= 11 is 0. The average molecular weight is 408 g/mol. The number of aromatic nitrogens is 1. The smallest absolute Gasteiger partial charge is 0.256 e. The van der Waals surface area contributed by atoms with Crippen molar-refractivity contribution < 1.29 is 9.59 Å². The van der Waals surface area contributed by atoms with Crippen LogP contribution in [0.5, 0.6) is 0 Å². The molecule has 0 radical (unpaired) electrons. The van der Waals surface area contributed by atoms with E-state index in [1.54, 1.807) is 18.3 Å². The number of carbonyl (C=O) groups excluding carboxylic acids is 2. The summed E-state index contributed by atoms with van der Waals surface area (Å²) in [5.74, 6) is 1.79. The predicted molar refractivity (Wildman–Crippen MR) is 117 cm³/mol. The number of amides is 2. The molecule has 3 atom stereocenters. The maximum Gasteiger partial charge on any atom is 0.256 e. The van der Waals surface area contributed by atoms with Crippen LogP contribution >= 0.6 is 0 Å². The summed E-state index contributed by atoms with van der Waals surface area (Å²) < 4.78 is 0. The summed E-state index contributed by atoms with van der Waals surface area (Å²) in [5, 5.41) is 6.00. The number of nitrogens with one attached hydrogen (secondary N) is 2. The summed E-state index contributed by atoms with van der Waals surface area (Å²) in [5.41, 5.74) is 2.26. The zero-order chi connectivity index (χ0) is 21.3. The fraction of sp³-hybridized carbons (Fsp3) is 0.435. The van der Waals surface area contributed by atoms with Crippen molar-refractivity contribution >= 4 is 23.3 Å². The molecule has 158 valence electrons. The minimum Gasteiger partial charge on any atom is -0.335 e. The first-order valence-electron chi connectivity index (χ1n) is 10.5. The molecule has 0 aliphatic carbocycles. The molecule has 3 heterocycles. The highest BCUT2D eigenvalue weighted by molar-refractivity contribution is 6.01. The van der Waals surface area contributed by atoms with Crippen LogP contribution in [0.15, 0.2) is 42.6 Å². The Morgan fingerprint density at radius 1 is 1.17 bits per heavy atom. The molecular formula is C23H29N5O2.